The van der Waals surface area contributed by atoms with Crippen molar-refractivity contribution < 1.29 is 4.79 Å². The van der Waals surface area contributed by atoms with Crippen LogP contribution in [0.4, 0.5) is 11.4 Å². The second-order valence-corrected chi connectivity index (χ2v) is 4.80. The van der Waals surface area contributed by atoms with E-state index in [1.165, 1.54) is 0 Å². The molecule has 0 saturated carbocycles. The number of piperidine rings is 1. The maximum Gasteiger partial charge on any atom is 0.220 e. The summed E-state index contributed by atoms with van der Waals surface area (Å²) in [7, 11) is 0. The average molecular weight is 254 g/mol. The van der Waals surface area contributed by atoms with Crippen molar-refractivity contribution in [1.82, 2.24) is 0 Å². The van der Waals surface area contributed by atoms with Gasteiger partial charge in [0, 0.05) is 24.0 Å². The third-order valence-electron chi connectivity index (χ3n) is 3.23. The van der Waals surface area contributed by atoms with Crippen LogP contribution in [0.3, 0.4) is 0 Å². The molecule has 0 atom stereocenters. The van der Waals surface area contributed by atoms with Crippen LogP contribution in [0.15, 0.2) is 18.2 Å². The molecule has 1 aromatic carbocycles. The summed E-state index contributed by atoms with van der Waals surface area (Å²) < 4.78 is 0. The number of nitrogens with zero attached hydrogens (tertiary/aromatic N) is 1. The first-order valence-electron chi connectivity index (χ1n) is 5.67. The van der Waals surface area contributed by atoms with E-state index in [2.05, 4.69) is 4.90 Å². The van der Waals surface area contributed by atoms with E-state index in [4.69, 9.17) is 23.1 Å². The molecule has 0 aromatic heterocycles. The fourth-order valence-electron chi connectivity index (χ4n) is 2.20. The summed E-state index contributed by atoms with van der Waals surface area (Å²) >= 11 is 5.96. The van der Waals surface area contributed by atoms with Gasteiger partial charge in [-0.15, -0.1) is 0 Å². The number of amides is 1. The summed E-state index contributed by atoms with van der Waals surface area (Å²) in [4.78, 5) is 13.2. The Morgan fingerprint density at radius 1 is 1.35 bits per heavy atom. The zero-order valence-electron chi connectivity index (χ0n) is 9.53. The van der Waals surface area contributed by atoms with Gasteiger partial charge in [-0.3, -0.25) is 4.79 Å². The molecule has 2 rings (SSSR count). The highest BCUT2D eigenvalue weighted by molar-refractivity contribution is 6.31. The number of hydrogen-bond acceptors (Lipinski definition) is 3. The highest BCUT2D eigenvalue weighted by Crippen LogP contribution is 2.30. The lowest BCUT2D eigenvalue weighted by Gasteiger charge is -2.33. The number of nitrogens with two attached hydrogens (primary N) is 2. The molecular weight excluding hydrogens is 238 g/mol. The van der Waals surface area contributed by atoms with Crippen LogP contribution in [0.25, 0.3) is 0 Å². The van der Waals surface area contributed by atoms with E-state index in [0.717, 1.165) is 31.6 Å². The van der Waals surface area contributed by atoms with Gasteiger partial charge in [-0.05, 0) is 31.0 Å². The maximum absolute atomic E-state index is 11.1. The SMILES string of the molecule is NC(=O)C1CCN(c2cc(Cl)ccc2N)CC1. The van der Waals surface area contributed by atoms with Gasteiger partial charge in [0.15, 0.2) is 0 Å². The first kappa shape index (κ1) is 12.0. The van der Waals surface area contributed by atoms with Gasteiger partial charge in [0.1, 0.15) is 0 Å². The normalized spacial score (nSPS) is 17.1. The van der Waals surface area contributed by atoms with Gasteiger partial charge in [0.25, 0.3) is 0 Å². The van der Waals surface area contributed by atoms with Gasteiger partial charge in [0.05, 0.1) is 11.4 Å². The van der Waals surface area contributed by atoms with Crippen LogP contribution in [0.5, 0.6) is 0 Å². The molecule has 1 aromatic rings. The summed E-state index contributed by atoms with van der Waals surface area (Å²) in [6.45, 7) is 1.58. The van der Waals surface area contributed by atoms with Crippen LogP contribution in [-0.2, 0) is 4.79 Å². The van der Waals surface area contributed by atoms with Crippen molar-refractivity contribution in [2.24, 2.45) is 11.7 Å². The Bertz CT molecular complexity index is 428. The highest BCUT2D eigenvalue weighted by Gasteiger charge is 2.24. The Morgan fingerprint density at radius 2 is 2.00 bits per heavy atom. The van der Waals surface area contributed by atoms with Gasteiger partial charge < -0.3 is 16.4 Å². The molecule has 4 nitrogen and oxygen atoms in total. The van der Waals surface area contributed by atoms with Crippen molar-refractivity contribution in [3.05, 3.63) is 23.2 Å². The minimum Gasteiger partial charge on any atom is -0.397 e. The largest absolute Gasteiger partial charge is 0.397 e. The van der Waals surface area contributed by atoms with E-state index in [9.17, 15) is 4.79 Å². The van der Waals surface area contributed by atoms with Gasteiger partial charge in [-0.25, -0.2) is 0 Å². The molecule has 1 amide bonds. The molecule has 92 valence electrons. The second-order valence-electron chi connectivity index (χ2n) is 4.37. The van der Waals surface area contributed by atoms with E-state index in [1.807, 2.05) is 6.07 Å². The quantitative estimate of drug-likeness (QED) is 0.787. The van der Waals surface area contributed by atoms with Crippen LogP contribution < -0.4 is 16.4 Å². The molecule has 1 fully saturated rings. The number of halogens is 1. The van der Waals surface area contributed by atoms with Crippen LogP contribution in [0, 0.1) is 5.92 Å². The standard InChI is InChI=1S/C12H16ClN3O/c13-9-1-2-10(14)11(7-9)16-5-3-8(4-6-16)12(15)17/h1-2,7-8H,3-6,14H2,(H2,15,17). The molecular formula is C12H16ClN3O. The summed E-state index contributed by atoms with van der Waals surface area (Å²) in [5, 5.41) is 0.672. The lowest BCUT2D eigenvalue weighted by Crippen LogP contribution is -2.38. The Kier molecular flexibility index (Phi) is 3.43. The van der Waals surface area contributed by atoms with Gasteiger partial charge in [0.2, 0.25) is 5.91 Å². The lowest BCUT2D eigenvalue weighted by atomic mass is 9.96. The van der Waals surface area contributed by atoms with Crippen molar-refractivity contribution in [3.63, 3.8) is 0 Å². The molecule has 4 N–H and O–H groups in total. The number of hydrogen-bond donors (Lipinski definition) is 2. The molecule has 5 heteroatoms. The van der Waals surface area contributed by atoms with Crippen molar-refractivity contribution >= 4 is 28.9 Å². The van der Waals surface area contributed by atoms with Crippen molar-refractivity contribution in [2.75, 3.05) is 23.7 Å². The number of primary amides is 1. The zero-order valence-corrected chi connectivity index (χ0v) is 10.3. The van der Waals surface area contributed by atoms with Crippen LogP contribution >= 0.6 is 11.6 Å². The summed E-state index contributed by atoms with van der Waals surface area (Å²) in [5.41, 5.74) is 12.9. The first-order valence-corrected chi connectivity index (χ1v) is 6.05. The Hall–Kier alpha value is -1.42. The van der Waals surface area contributed by atoms with E-state index in [1.54, 1.807) is 12.1 Å². The van der Waals surface area contributed by atoms with Gasteiger partial charge >= 0.3 is 0 Å². The molecule has 0 bridgehead atoms. The van der Waals surface area contributed by atoms with Crippen LogP contribution in [0.2, 0.25) is 5.02 Å². The molecule has 0 radical (unpaired) electrons. The molecule has 0 unspecified atom stereocenters. The Labute approximate surface area is 106 Å². The van der Waals surface area contributed by atoms with Crippen LogP contribution in [0.1, 0.15) is 12.8 Å². The molecule has 1 aliphatic heterocycles. The summed E-state index contributed by atoms with van der Waals surface area (Å²) in [5.74, 6) is -0.213. The van der Waals surface area contributed by atoms with E-state index in [-0.39, 0.29) is 11.8 Å². The predicted octanol–water partition coefficient (Wildman–Crippen LogP) is 1.62. The molecule has 17 heavy (non-hydrogen) atoms. The Balaban J connectivity index is 2.10. The van der Waals surface area contributed by atoms with Crippen molar-refractivity contribution in [1.29, 1.82) is 0 Å². The smallest absolute Gasteiger partial charge is 0.220 e. The van der Waals surface area contributed by atoms with Gasteiger partial charge in [-0.2, -0.15) is 0 Å². The molecule has 0 aliphatic carbocycles. The second kappa shape index (κ2) is 4.84. The summed E-state index contributed by atoms with van der Waals surface area (Å²) in [6, 6.07) is 5.44. The molecule has 1 heterocycles. The van der Waals surface area contributed by atoms with Gasteiger partial charge in [-0.1, -0.05) is 11.6 Å². The van der Waals surface area contributed by atoms with Crippen molar-refractivity contribution in [3.8, 4) is 0 Å². The Morgan fingerprint density at radius 3 is 2.59 bits per heavy atom. The van der Waals surface area contributed by atoms with E-state index >= 15 is 0 Å². The topological polar surface area (TPSA) is 72.4 Å². The number of carbonyl (C=O) groups is 1. The minimum absolute atomic E-state index is 0.00772. The van der Waals surface area contributed by atoms with Crippen LogP contribution in [-0.4, -0.2) is 19.0 Å². The fourth-order valence-corrected chi connectivity index (χ4v) is 2.36. The monoisotopic (exact) mass is 253 g/mol. The number of benzene rings is 1. The van der Waals surface area contributed by atoms with E-state index in [0.29, 0.717) is 10.7 Å². The average Bonchev–Trinajstić information content (AvgIpc) is 2.32. The lowest BCUT2D eigenvalue weighted by molar-refractivity contribution is -0.122. The molecule has 1 aliphatic rings. The number of rotatable bonds is 2. The third-order valence-corrected chi connectivity index (χ3v) is 3.47. The number of carbonyl (C=O) groups excluding carboxylic acids is 1. The van der Waals surface area contributed by atoms with E-state index < -0.39 is 0 Å². The fraction of sp³-hybridized carbons (Fsp3) is 0.417. The maximum atomic E-state index is 11.1. The highest BCUT2D eigenvalue weighted by atomic mass is 35.5. The first-order chi connectivity index (χ1) is 8.08. The van der Waals surface area contributed by atoms with Crippen molar-refractivity contribution in [2.45, 2.75) is 12.8 Å². The third kappa shape index (κ3) is 2.64. The number of anilines is 2. The molecule has 1 saturated heterocycles. The number of nitrogen functional groups attached to an aromatic ring is 1. The predicted molar refractivity (Wildman–Crippen MR) is 70.0 cm³/mol. The molecule has 0 spiro atoms. The summed E-state index contributed by atoms with van der Waals surface area (Å²) in [6.07, 6.45) is 1.56. The zero-order chi connectivity index (χ0) is 12.4. The minimum atomic E-state index is -0.205.